The minimum absolute atomic E-state index is 0.136. The first-order valence-electron chi connectivity index (χ1n) is 5.11. The van der Waals surface area contributed by atoms with Gasteiger partial charge in [-0.15, -0.1) is 0 Å². The smallest absolute Gasteiger partial charge is 0.335 e. The molecule has 1 N–H and O–H groups in total. The SMILES string of the molecule is COC1CCCc2cc(C(=O)O)ccc21. The fourth-order valence-electron chi connectivity index (χ4n) is 2.15. The number of hydrogen-bond acceptors (Lipinski definition) is 2. The van der Waals surface area contributed by atoms with Gasteiger partial charge in [-0.25, -0.2) is 4.79 Å². The van der Waals surface area contributed by atoms with Crippen LogP contribution in [0.2, 0.25) is 0 Å². The molecule has 0 saturated carbocycles. The first-order valence-corrected chi connectivity index (χ1v) is 5.11. The molecule has 80 valence electrons. The molecule has 0 amide bonds. The van der Waals surface area contributed by atoms with Gasteiger partial charge >= 0.3 is 5.97 Å². The summed E-state index contributed by atoms with van der Waals surface area (Å²) in [5, 5.41) is 8.88. The molecule has 1 aromatic rings. The Morgan fingerprint density at radius 1 is 1.53 bits per heavy atom. The Balaban J connectivity index is 2.40. The maximum absolute atomic E-state index is 10.8. The fourth-order valence-corrected chi connectivity index (χ4v) is 2.15. The third-order valence-electron chi connectivity index (χ3n) is 2.93. The standard InChI is InChI=1S/C12H14O3/c1-15-11-4-2-3-8-7-9(12(13)14)5-6-10(8)11/h5-7,11H,2-4H2,1H3,(H,13,14). The Morgan fingerprint density at radius 3 is 3.00 bits per heavy atom. The van der Waals surface area contributed by atoms with Crippen LogP contribution in [0.5, 0.6) is 0 Å². The van der Waals surface area contributed by atoms with Gasteiger partial charge in [-0.3, -0.25) is 0 Å². The van der Waals surface area contributed by atoms with E-state index >= 15 is 0 Å². The van der Waals surface area contributed by atoms with Crippen molar-refractivity contribution in [2.24, 2.45) is 0 Å². The van der Waals surface area contributed by atoms with Crippen LogP contribution in [0.3, 0.4) is 0 Å². The summed E-state index contributed by atoms with van der Waals surface area (Å²) in [7, 11) is 1.70. The highest BCUT2D eigenvalue weighted by molar-refractivity contribution is 5.87. The van der Waals surface area contributed by atoms with E-state index in [1.807, 2.05) is 6.07 Å². The lowest BCUT2D eigenvalue weighted by Crippen LogP contribution is -2.12. The van der Waals surface area contributed by atoms with Gasteiger partial charge < -0.3 is 9.84 Å². The molecule has 2 rings (SSSR count). The molecule has 0 heterocycles. The van der Waals surface area contributed by atoms with Crippen LogP contribution in [0.15, 0.2) is 18.2 Å². The summed E-state index contributed by atoms with van der Waals surface area (Å²) in [6.07, 6.45) is 3.18. The molecule has 1 atom stereocenters. The van der Waals surface area contributed by atoms with Gasteiger partial charge in [0.05, 0.1) is 11.7 Å². The first-order chi connectivity index (χ1) is 7.22. The lowest BCUT2D eigenvalue weighted by Gasteiger charge is -2.24. The van der Waals surface area contributed by atoms with Gasteiger partial charge in [0.25, 0.3) is 0 Å². The van der Waals surface area contributed by atoms with Gasteiger partial charge in [-0.05, 0) is 42.5 Å². The van der Waals surface area contributed by atoms with Crippen LogP contribution in [-0.4, -0.2) is 18.2 Å². The molecule has 0 fully saturated rings. The van der Waals surface area contributed by atoms with Crippen molar-refractivity contribution in [1.29, 1.82) is 0 Å². The Kier molecular flexibility index (Phi) is 2.73. The van der Waals surface area contributed by atoms with Gasteiger partial charge in [-0.2, -0.15) is 0 Å². The number of carboxylic acid groups (broad SMARTS) is 1. The number of rotatable bonds is 2. The normalized spacial score (nSPS) is 19.7. The van der Waals surface area contributed by atoms with Gasteiger partial charge in [-0.1, -0.05) is 6.07 Å². The molecule has 3 nitrogen and oxygen atoms in total. The van der Waals surface area contributed by atoms with Crippen molar-refractivity contribution >= 4 is 5.97 Å². The zero-order valence-electron chi connectivity index (χ0n) is 8.69. The summed E-state index contributed by atoms with van der Waals surface area (Å²) < 4.78 is 5.37. The summed E-state index contributed by atoms with van der Waals surface area (Å²) in [5.74, 6) is -0.864. The first kappa shape index (κ1) is 10.2. The molecule has 0 spiro atoms. The number of carboxylic acids is 1. The Morgan fingerprint density at radius 2 is 2.33 bits per heavy atom. The average Bonchev–Trinajstić information content (AvgIpc) is 2.27. The maximum Gasteiger partial charge on any atom is 0.335 e. The Labute approximate surface area is 88.7 Å². The molecule has 1 unspecified atom stereocenters. The van der Waals surface area contributed by atoms with Crippen molar-refractivity contribution in [2.75, 3.05) is 7.11 Å². The molecule has 1 aromatic carbocycles. The molecule has 1 aliphatic rings. The molecule has 15 heavy (non-hydrogen) atoms. The summed E-state index contributed by atoms with van der Waals surface area (Å²) >= 11 is 0. The largest absolute Gasteiger partial charge is 0.478 e. The second-order valence-electron chi connectivity index (χ2n) is 3.84. The Bertz CT molecular complexity index is 384. The summed E-state index contributed by atoms with van der Waals surface area (Å²) in [4.78, 5) is 10.8. The van der Waals surface area contributed by atoms with Crippen LogP contribution in [0.1, 0.15) is 40.4 Å². The number of ether oxygens (including phenoxy) is 1. The molecule has 1 aliphatic carbocycles. The lowest BCUT2D eigenvalue weighted by molar-refractivity contribution is 0.0695. The van der Waals surface area contributed by atoms with Crippen LogP contribution in [0, 0.1) is 0 Å². The lowest BCUT2D eigenvalue weighted by atomic mass is 9.88. The van der Waals surface area contributed by atoms with Crippen LogP contribution in [-0.2, 0) is 11.2 Å². The van der Waals surface area contributed by atoms with Crippen molar-refractivity contribution in [2.45, 2.75) is 25.4 Å². The number of aromatic carboxylic acids is 1. The van der Waals surface area contributed by atoms with Crippen molar-refractivity contribution in [3.05, 3.63) is 34.9 Å². The maximum atomic E-state index is 10.8. The van der Waals surface area contributed by atoms with Crippen LogP contribution < -0.4 is 0 Å². The molecule has 0 saturated heterocycles. The second kappa shape index (κ2) is 4.03. The quantitative estimate of drug-likeness (QED) is 0.808. The second-order valence-corrected chi connectivity index (χ2v) is 3.84. The predicted molar refractivity (Wildman–Crippen MR) is 56.1 cm³/mol. The highest BCUT2D eigenvalue weighted by Crippen LogP contribution is 2.32. The van der Waals surface area contributed by atoms with E-state index in [4.69, 9.17) is 9.84 Å². The number of carbonyl (C=O) groups is 1. The highest BCUT2D eigenvalue weighted by Gasteiger charge is 2.20. The van der Waals surface area contributed by atoms with E-state index < -0.39 is 5.97 Å². The number of fused-ring (bicyclic) bond motifs is 1. The number of benzene rings is 1. The highest BCUT2D eigenvalue weighted by atomic mass is 16.5. The minimum Gasteiger partial charge on any atom is -0.478 e. The monoisotopic (exact) mass is 206 g/mol. The van der Waals surface area contributed by atoms with Crippen molar-refractivity contribution in [3.8, 4) is 0 Å². The van der Waals surface area contributed by atoms with E-state index in [0.717, 1.165) is 30.4 Å². The zero-order valence-corrected chi connectivity index (χ0v) is 8.69. The van der Waals surface area contributed by atoms with E-state index in [0.29, 0.717) is 5.56 Å². The minimum atomic E-state index is -0.864. The molecule has 0 radical (unpaired) electrons. The summed E-state index contributed by atoms with van der Waals surface area (Å²) in [5.41, 5.74) is 2.63. The molecule has 0 bridgehead atoms. The summed E-state index contributed by atoms with van der Waals surface area (Å²) in [6, 6.07) is 5.30. The fraction of sp³-hybridized carbons (Fsp3) is 0.417. The average molecular weight is 206 g/mol. The molecule has 0 aliphatic heterocycles. The zero-order chi connectivity index (χ0) is 10.8. The van der Waals surface area contributed by atoms with Crippen LogP contribution >= 0.6 is 0 Å². The van der Waals surface area contributed by atoms with Crippen molar-refractivity contribution < 1.29 is 14.6 Å². The molecular formula is C12H14O3. The summed E-state index contributed by atoms with van der Waals surface area (Å²) in [6.45, 7) is 0. The van der Waals surface area contributed by atoms with E-state index in [1.165, 1.54) is 0 Å². The van der Waals surface area contributed by atoms with Crippen LogP contribution in [0.4, 0.5) is 0 Å². The van der Waals surface area contributed by atoms with Crippen molar-refractivity contribution in [1.82, 2.24) is 0 Å². The topological polar surface area (TPSA) is 46.5 Å². The van der Waals surface area contributed by atoms with Crippen LogP contribution in [0.25, 0.3) is 0 Å². The van der Waals surface area contributed by atoms with Gasteiger partial charge in [0, 0.05) is 7.11 Å². The predicted octanol–water partition coefficient (Wildman–Crippen LogP) is 2.41. The van der Waals surface area contributed by atoms with Gasteiger partial charge in [0.1, 0.15) is 0 Å². The molecule has 0 aromatic heterocycles. The number of aryl methyl sites for hydroxylation is 1. The van der Waals surface area contributed by atoms with E-state index in [2.05, 4.69) is 0 Å². The molecule has 3 heteroatoms. The van der Waals surface area contributed by atoms with E-state index in [1.54, 1.807) is 19.2 Å². The van der Waals surface area contributed by atoms with E-state index in [9.17, 15) is 4.79 Å². The number of methoxy groups -OCH3 is 1. The van der Waals surface area contributed by atoms with Gasteiger partial charge in [0.15, 0.2) is 0 Å². The third kappa shape index (κ3) is 1.88. The third-order valence-corrected chi connectivity index (χ3v) is 2.93. The number of hydrogen-bond donors (Lipinski definition) is 1. The van der Waals surface area contributed by atoms with Crippen molar-refractivity contribution in [3.63, 3.8) is 0 Å². The Hall–Kier alpha value is -1.35. The van der Waals surface area contributed by atoms with Gasteiger partial charge in [0.2, 0.25) is 0 Å². The molecular weight excluding hydrogens is 192 g/mol. The van der Waals surface area contributed by atoms with E-state index in [-0.39, 0.29) is 6.10 Å².